The van der Waals surface area contributed by atoms with Gasteiger partial charge in [-0.15, -0.1) is 0 Å². The van der Waals surface area contributed by atoms with E-state index in [1.165, 1.54) is 39.5 Å². The van der Waals surface area contributed by atoms with E-state index in [9.17, 15) is 27.9 Å². The Labute approximate surface area is 334 Å². The van der Waals surface area contributed by atoms with Crippen molar-refractivity contribution in [2.45, 2.75) is 30.4 Å². The van der Waals surface area contributed by atoms with E-state index in [1.54, 1.807) is 54.6 Å². The summed E-state index contributed by atoms with van der Waals surface area (Å²) >= 11 is 12.7. The number of pyridine rings is 1. The number of aromatic nitrogens is 1. The molecule has 2 saturated heterocycles. The van der Waals surface area contributed by atoms with Crippen LogP contribution in [0, 0.1) is 23.7 Å². The van der Waals surface area contributed by atoms with Gasteiger partial charge in [0.25, 0.3) is 11.8 Å². The molecule has 4 aromatic rings. The van der Waals surface area contributed by atoms with E-state index in [2.05, 4.69) is 4.98 Å². The number of allylic oxidation sites excluding steroid dienone is 2. The number of imide groups is 2. The molecule has 0 radical (unpaired) electrons. The van der Waals surface area contributed by atoms with Gasteiger partial charge in [-0.1, -0.05) is 71.2 Å². The summed E-state index contributed by atoms with van der Waals surface area (Å²) in [6.07, 6.45) is -3.10. The summed E-state index contributed by atoms with van der Waals surface area (Å²) in [7, 11) is 4.00. The molecule has 0 spiro atoms. The monoisotopic (exact) mass is 820 g/mol. The van der Waals surface area contributed by atoms with Crippen molar-refractivity contribution in [2.75, 3.05) is 31.2 Å². The maximum Gasteiger partial charge on any atom is 0.433 e. The van der Waals surface area contributed by atoms with Crippen molar-refractivity contribution in [3.8, 4) is 17.2 Å². The Morgan fingerprint density at radius 1 is 0.877 bits per heavy atom. The van der Waals surface area contributed by atoms with Crippen LogP contribution in [0.4, 0.5) is 24.7 Å². The standard InChI is InChI=1S/C41H33Cl2F3N4O7/c1-48(35-28(43)14-15-31(47-35)41(44,45)46)50-36(52)25-13-12-24-26(32(25)38(50)54)19-27-37(53)49(22-11-7-10-21(42)16-22)39(55)40(27,20-8-5-4-6-9-20)34(24)33-29(56-2)17-23(51)18-30(33)57-3/h4-12,14-18,25-27,32,34,51H,13,19H2,1-3H3/t25-,26+,27-,32-,34+,40+/m0/s1. The molecule has 2 aliphatic carbocycles. The average Bonchev–Trinajstić information content (AvgIpc) is 3.58. The Bertz CT molecular complexity index is 2370. The molecule has 3 heterocycles. The predicted molar refractivity (Wildman–Crippen MR) is 202 cm³/mol. The van der Waals surface area contributed by atoms with Gasteiger partial charge < -0.3 is 14.6 Å². The number of alkyl halides is 3. The van der Waals surface area contributed by atoms with Crippen LogP contribution in [0.3, 0.4) is 0 Å². The van der Waals surface area contributed by atoms with Crippen molar-refractivity contribution in [1.82, 2.24) is 9.99 Å². The van der Waals surface area contributed by atoms with E-state index < -0.39 is 76.3 Å². The molecular formula is C41H33Cl2F3N4O7. The van der Waals surface area contributed by atoms with Crippen molar-refractivity contribution < 1.29 is 46.9 Å². The minimum Gasteiger partial charge on any atom is -0.508 e. The lowest BCUT2D eigenvalue weighted by atomic mass is 9.49. The second kappa shape index (κ2) is 13.8. The number of hydrogen-bond acceptors (Lipinski definition) is 9. The number of phenols is 1. The van der Waals surface area contributed by atoms with Crippen LogP contribution < -0.4 is 19.4 Å². The summed E-state index contributed by atoms with van der Waals surface area (Å²) in [5, 5.41) is 12.5. The fraction of sp³-hybridized carbons (Fsp3) is 0.293. The zero-order valence-electron chi connectivity index (χ0n) is 30.5. The Morgan fingerprint density at radius 3 is 2.19 bits per heavy atom. The van der Waals surface area contributed by atoms with Crippen molar-refractivity contribution in [1.29, 1.82) is 0 Å². The van der Waals surface area contributed by atoms with Crippen molar-refractivity contribution in [3.63, 3.8) is 0 Å². The third kappa shape index (κ3) is 5.66. The molecule has 4 aliphatic rings. The highest BCUT2D eigenvalue weighted by Gasteiger charge is 2.71. The summed E-state index contributed by atoms with van der Waals surface area (Å²) < 4.78 is 52.9. The number of hydrogen-bond donors (Lipinski definition) is 1. The van der Waals surface area contributed by atoms with Gasteiger partial charge in [-0.05, 0) is 54.7 Å². The first-order chi connectivity index (χ1) is 27.1. The van der Waals surface area contributed by atoms with Crippen molar-refractivity contribution >= 4 is 58.3 Å². The number of nitrogens with zero attached hydrogens (tertiary/aromatic N) is 4. The fourth-order valence-electron chi connectivity index (χ4n) is 9.46. The van der Waals surface area contributed by atoms with E-state index in [1.807, 2.05) is 0 Å². The molecule has 16 heteroatoms. The molecule has 3 fully saturated rings. The van der Waals surface area contributed by atoms with Crippen molar-refractivity contribution in [2.24, 2.45) is 23.7 Å². The number of carbonyl (C=O) groups is 4. The highest BCUT2D eigenvalue weighted by Crippen LogP contribution is 2.66. The largest absolute Gasteiger partial charge is 0.508 e. The molecule has 6 atom stereocenters. The quantitative estimate of drug-likeness (QED) is 0.150. The highest BCUT2D eigenvalue weighted by molar-refractivity contribution is 6.33. The molecule has 1 aromatic heterocycles. The molecule has 1 saturated carbocycles. The molecule has 8 rings (SSSR count). The SMILES string of the molecule is COc1cc(O)cc(OC)c1[C@H]1C2=CC[C@@H]3C(=O)N(N(C)c4nc(C(F)(F)F)ccc4Cl)C(=O)[C@@H]3[C@@H]2C[C@H]2C(=O)N(c3cccc(Cl)c3)C(=O)[C@@]12c1ccccc1. The summed E-state index contributed by atoms with van der Waals surface area (Å²) in [5.41, 5.74) is -1.38. The maximum absolute atomic E-state index is 15.5. The van der Waals surface area contributed by atoms with Gasteiger partial charge in [-0.2, -0.15) is 18.2 Å². The first-order valence-electron chi connectivity index (χ1n) is 17.8. The van der Waals surface area contributed by atoms with E-state index in [0.29, 0.717) is 22.8 Å². The number of carbonyl (C=O) groups excluding carboxylic acids is 4. The topological polar surface area (TPSA) is 130 Å². The van der Waals surface area contributed by atoms with Gasteiger partial charge in [0.15, 0.2) is 5.82 Å². The van der Waals surface area contributed by atoms with Gasteiger partial charge in [0, 0.05) is 35.7 Å². The smallest absolute Gasteiger partial charge is 0.433 e. The zero-order chi connectivity index (χ0) is 40.7. The summed E-state index contributed by atoms with van der Waals surface area (Å²) in [6, 6.07) is 19.5. The molecule has 3 aromatic carbocycles. The Balaban J connectivity index is 1.34. The number of benzene rings is 3. The third-order valence-corrected chi connectivity index (χ3v) is 12.2. The van der Waals surface area contributed by atoms with Crippen LogP contribution in [0.1, 0.15) is 35.6 Å². The van der Waals surface area contributed by atoms with Gasteiger partial charge in [0.2, 0.25) is 11.8 Å². The molecule has 2 aliphatic heterocycles. The number of amides is 4. The first-order valence-corrected chi connectivity index (χ1v) is 18.6. The van der Waals surface area contributed by atoms with Crippen LogP contribution in [0.2, 0.25) is 10.0 Å². The number of methoxy groups -OCH3 is 2. The molecule has 1 N–H and O–H groups in total. The third-order valence-electron chi connectivity index (χ3n) is 11.7. The predicted octanol–water partition coefficient (Wildman–Crippen LogP) is 7.34. The number of anilines is 2. The fourth-order valence-corrected chi connectivity index (χ4v) is 9.87. The summed E-state index contributed by atoms with van der Waals surface area (Å²) in [4.78, 5) is 64.4. The molecule has 4 amide bonds. The number of rotatable bonds is 7. The summed E-state index contributed by atoms with van der Waals surface area (Å²) in [6.45, 7) is 0. The lowest BCUT2D eigenvalue weighted by Crippen LogP contribution is -2.53. The summed E-state index contributed by atoms with van der Waals surface area (Å²) in [5.74, 6) is -8.13. The average molecular weight is 822 g/mol. The minimum atomic E-state index is -4.84. The Morgan fingerprint density at radius 2 is 1.56 bits per heavy atom. The van der Waals surface area contributed by atoms with Crippen LogP contribution in [-0.4, -0.2) is 60.0 Å². The number of fused-ring (bicyclic) bond motifs is 4. The van der Waals surface area contributed by atoms with Crippen LogP contribution in [0.15, 0.2) is 90.5 Å². The van der Waals surface area contributed by atoms with Gasteiger partial charge >= 0.3 is 6.18 Å². The lowest BCUT2D eigenvalue weighted by molar-refractivity contribution is -0.141. The molecule has 57 heavy (non-hydrogen) atoms. The van der Waals surface area contributed by atoms with Crippen LogP contribution in [-0.2, 0) is 30.8 Å². The van der Waals surface area contributed by atoms with E-state index in [4.69, 9.17) is 32.7 Å². The molecule has 294 valence electrons. The second-order valence-corrected chi connectivity index (χ2v) is 15.2. The van der Waals surface area contributed by atoms with E-state index >= 15 is 9.59 Å². The van der Waals surface area contributed by atoms with Crippen molar-refractivity contribution in [3.05, 3.63) is 117 Å². The number of ether oxygens (including phenoxy) is 2. The molecule has 0 unspecified atom stereocenters. The van der Waals surface area contributed by atoms with E-state index in [0.717, 1.165) is 21.0 Å². The van der Waals surface area contributed by atoms with Gasteiger partial charge in [-0.25, -0.2) is 9.88 Å². The molecular weight excluding hydrogens is 788 g/mol. The first kappa shape index (κ1) is 38.3. The normalized spacial score (nSPS) is 25.5. The second-order valence-electron chi connectivity index (χ2n) is 14.4. The number of aromatic hydroxyl groups is 1. The van der Waals surface area contributed by atoms with E-state index in [-0.39, 0.29) is 45.8 Å². The van der Waals surface area contributed by atoms with Gasteiger partial charge in [0.05, 0.1) is 48.1 Å². The van der Waals surface area contributed by atoms with Crippen LogP contribution in [0.25, 0.3) is 0 Å². The van der Waals surface area contributed by atoms with Crippen LogP contribution in [0.5, 0.6) is 17.2 Å². The minimum absolute atomic E-state index is 0.00403. The molecule has 11 nitrogen and oxygen atoms in total. The highest BCUT2D eigenvalue weighted by atomic mass is 35.5. The Kier molecular flexibility index (Phi) is 9.27. The van der Waals surface area contributed by atoms with Gasteiger partial charge in [0.1, 0.15) is 22.9 Å². The number of hydrazine groups is 1. The van der Waals surface area contributed by atoms with Crippen LogP contribution >= 0.6 is 23.2 Å². The lowest BCUT2D eigenvalue weighted by Gasteiger charge is -2.51. The number of halogens is 5. The Hall–Kier alpha value is -5.60. The maximum atomic E-state index is 15.5. The zero-order valence-corrected chi connectivity index (χ0v) is 32.0. The number of phenolic OH excluding ortho intramolecular Hbond substituents is 1. The molecule has 0 bridgehead atoms. The van der Waals surface area contributed by atoms with Gasteiger partial charge in [-0.3, -0.25) is 24.2 Å².